The molecule has 0 aromatic carbocycles. The van der Waals surface area contributed by atoms with Gasteiger partial charge < -0.3 is 4.84 Å². The first-order valence-corrected chi connectivity index (χ1v) is 4.51. The molecule has 0 aromatic heterocycles. The van der Waals surface area contributed by atoms with Crippen molar-refractivity contribution in [2.24, 2.45) is 5.90 Å². The van der Waals surface area contributed by atoms with Gasteiger partial charge in [-0.1, -0.05) is 33.8 Å². The quantitative estimate of drug-likeness (QED) is 0.394. The molecule has 12 heavy (non-hydrogen) atoms. The van der Waals surface area contributed by atoms with E-state index >= 15 is 0 Å². The van der Waals surface area contributed by atoms with Gasteiger partial charge in [-0.25, -0.2) is 0 Å². The zero-order chi connectivity index (χ0) is 10.4. The Bertz CT molecular complexity index is 104. The summed E-state index contributed by atoms with van der Waals surface area (Å²) in [7, 11) is 0. The first-order valence-electron chi connectivity index (χ1n) is 4.51. The fourth-order valence-electron chi connectivity index (χ4n) is 0.368. The van der Waals surface area contributed by atoms with Gasteiger partial charge in [0.2, 0.25) is 0 Å². The fraction of sp³-hybridized carbons (Fsp3) is 0.600. The summed E-state index contributed by atoms with van der Waals surface area (Å²) in [5.41, 5.74) is 0. The second-order valence-corrected chi connectivity index (χ2v) is 1.31. The van der Waals surface area contributed by atoms with Crippen molar-refractivity contribution in [3.8, 4) is 0 Å². The van der Waals surface area contributed by atoms with Crippen LogP contribution >= 0.6 is 0 Å². The molecule has 0 atom stereocenters. The summed E-state index contributed by atoms with van der Waals surface area (Å²) in [5, 5.41) is 0. The standard InChI is InChI=1S/C6H11NO.2C2H6/c1-3-5-6(4-2)8-7;2*1-2/h3-5H,7H2,1-2H3;2*1-2H3/b5-3-,6-4+;;. The van der Waals surface area contributed by atoms with Crippen molar-refractivity contribution in [2.45, 2.75) is 41.5 Å². The lowest BCUT2D eigenvalue weighted by molar-refractivity contribution is 0.233. The van der Waals surface area contributed by atoms with Gasteiger partial charge in [0.15, 0.2) is 0 Å². The zero-order valence-corrected chi connectivity index (χ0v) is 9.22. The minimum Gasteiger partial charge on any atom is -0.412 e. The van der Waals surface area contributed by atoms with Crippen LogP contribution in [0.2, 0.25) is 0 Å². The number of nitrogens with two attached hydrogens (primary N) is 1. The van der Waals surface area contributed by atoms with Gasteiger partial charge in [0.1, 0.15) is 5.76 Å². The van der Waals surface area contributed by atoms with Gasteiger partial charge in [0.25, 0.3) is 0 Å². The lowest BCUT2D eigenvalue weighted by Crippen LogP contribution is -1.95. The largest absolute Gasteiger partial charge is 0.412 e. The van der Waals surface area contributed by atoms with Crippen LogP contribution in [0.4, 0.5) is 0 Å². The summed E-state index contributed by atoms with van der Waals surface area (Å²) in [6.45, 7) is 11.8. The van der Waals surface area contributed by atoms with E-state index in [1.54, 1.807) is 12.2 Å². The van der Waals surface area contributed by atoms with Gasteiger partial charge in [0, 0.05) is 0 Å². The van der Waals surface area contributed by atoms with E-state index in [1.165, 1.54) is 0 Å². The lowest BCUT2D eigenvalue weighted by Gasteiger charge is -1.93. The van der Waals surface area contributed by atoms with Gasteiger partial charge in [-0.05, 0) is 26.0 Å². The minimum absolute atomic E-state index is 0.688. The normalized spacial score (nSPS) is 9.42. The molecule has 0 amide bonds. The molecule has 0 unspecified atom stereocenters. The number of hydrogen-bond acceptors (Lipinski definition) is 2. The van der Waals surface area contributed by atoms with Gasteiger partial charge in [-0.3, -0.25) is 0 Å². The highest BCUT2D eigenvalue weighted by Gasteiger charge is 1.80. The van der Waals surface area contributed by atoms with E-state index in [9.17, 15) is 0 Å². The first-order chi connectivity index (χ1) is 5.85. The summed E-state index contributed by atoms with van der Waals surface area (Å²) >= 11 is 0. The smallest absolute Gasteiger partial charge is 0.142 e. The zero-order valence-electron chi connectivity index (χ0n) is 9.22. The van der Waals surface area contributed by atoms with Crippen molar-refractivity contribution in [3.05, 3.63) is 24.0 Å². The molecule has 0 aliphatic carbocycles. The molecule has 0 spiro atoms. The molecule has 2 nitrogen and oxygen atoms in total. The van der Waals surface area contributed by atoms with E-state index in [4.69, 9.17) is 5.90 Å². The monoisotopic (exact) mass is 173 g/mol. The van der Waals surface area contributed by atoms with Crippen molar-refractivity contribution < 1.29 is 4.84 Å². The summed E-state index contributed by atoms with van der Waals surface area (Å²) in [5.74, 6) is 5.54. The molecular weight excluding hydrogens is 150 g/mol. The molecule has 0 bridgehead atoms. The number of hydrogen-bond donors (Lipinski definition) is 1. The van der Waals surface area contributed by atoms with Crippen LogP contribution in [0.25, 0.3) is 0 Å². The van der Waals surface area contributed by atoms with Crippen LogP contribution < -0.4 is 5.90 Å². The Hall–Kier alpha value is -0.760. The molecule has 0 aliphatic rings. The van der Waals surface area contributed by atoms with Crippen LogP contribution in [-0.4, -0.2) is 0 Å². The van der Waals surface area contributed by atoms with Crippen LogP contribution in [0, 0.1) is 0 Å². The molecule has 0 fully saturated rings. The molecular formula is C10H23NO. The molecule has 0 rings (SSSR count). The summed E-state index contributed by atoms with van der Waals surface area (Å²) in [6, 6.07) is 0. The highest BCUT2D eigenvalue weighted by molar-refractivity contribution is 5.09. The minimum atomic E-state index is 0.688. The Morgan fingerprint density at radius 2 is 1.50 bits per heavy atom. The Kier molecular flexibility index (Phi) is 32.5. The average Bonchev–Trinajstić information content (AvgIpc) is 2.20. The third-order valence-electron chi connectivity index (χ3n) is 0.752. The summed E-state index contributed by atoms with van der Waals surface area (Å²) < 4.78 is 0. The van der Waals surface area contributed by atoms with E-state index < -0.39 is 0 Å². The van der Waals surface area contributed by atoms with Gasteiger partial charge in [-0.15, -0.1) is 0 Å². The van der Waals surface area contributed by atoms with Crippen molar-refractivity contribution >= 4 is 0 Å². The topological polar surface area (TPSA) is 35.2 Å². The van der Waals surface area contributed by atoms with Crippen LogP contribution in [-0.2, 0) is 4.84 Å². The molecule has 2 heteroatoms. The average molecular weight is 173 g/mol. The van der Waals surface area contributed by atoms with Crippen molar-refractivity contribution in [3.63, 3.8) is 0 Å². The summed E-state index contributed by atoms with van der Waals surface area (Å²) in [4.78, 5) is 4.41. The predicted octanol–water partition coefficient (Wildman–Crippen LogP) is 3.41. The molecule has 0 heterocycles. The second-order valence-electron chi connectivity index (χ2n) is 1.31. The highest BCUT2D eigenvalue weighted by atomic mass is 16.6. The third kappa shape index (κ3) is 16.1. The van der Waals surface area contributed by atoms with Crippen molar-refractivity contribution in [2.75, 3.05) is 0 Å². The number of rotatable bonds is 2. The van der Waals surface area contributed by atoms with E-state index in [2.05, 4.69) is 4.84 Å². The third-order valence-corrected chi connectivity index (χ3v) is 0.752. The number of allylic oxidation sites excluding steroid dienone is 3. The van der Waals surface area contributed by atoms with Gasteiger partial charge in [0.05, 0.1) is 0 Å². The van der Waals surface area contributed by atoms with Crippen LogP contribution in [0.1, 0.15) is 41.5 Å². The maximum Gasteiger partial charge on any atom is 0.142 e. The maximum absolute atomic E-state index is 4.85. The van der Waals surface area contributed by atoms with Crippen LogP contribution in [0.3, 0.4) is 0 Å². The Labute approximate surface area is 77.1 Å². The lowest BCUT2D eigenvalue weighted by atomic mass is 10.4. The predicted molar refractivity (Wildman–Crippen MR) is 56.5 cm³/mol. The Morgan fingerprint density at radius 1 is 1.08 bits per heavy atom. The van der Waals surface area contributed by atoms with E-state index in [0.29, 0.717) is 5.76 Å². The highest BCUT2D eigenvalue weighted by Crippen LogP contribution is 1.92. The van der Waals surface area contributed by atoms with Crippen molar-refractivity contribution in [1.82, 2.24) is 0 Å². The van der Waals surface area contributed by atoms with Crippen LogP contribution in [0.5, 0.6) is 0 Å². The van der Waals surface area contributed by atoms with Gasteiger partial charge in [-0.2, -0.15) is 5.90 Å². The molecule has 2 N–H and O–H groups in total. The summed E-state index contributed by atoms with van der Waals surface area (Å²) in [6.07, 6.45) is 5.45. The first kappa shape index (κ1) is 17.4. The molecule has 0 radical (unpaired) electrons. The van der Waals surface area contributed by atoms with E-state index in [0.717, 1.165) is 0 Å². The second kappa shape index (κ2) is 22.5. The van der Waals surface area contributed by atoms with Crippen LogP contribution in [0.15, 0.2) is 24.0 Å². The van der Waals surface area contributed by atoms with Gasteiger partial charge >= 0.3 is 0 Å². The molecule has 0 aliphatic heterocycles. The molecule has 0 saturated carbocycles. The molecule has 74 valence electrons. The SMILES string of the molecule is C/C=C\C(=C/C)ON.CC.CC. The maximum atomic E-state index is 4.85. The fourth-order valence-corrected chi connectivity index (χ4v) is 0.368. The molecule has 0 aromatic rings. The van der Waals surface area contributed by atoms with Crippen molar-refractivity contribution in [1.29, 1.82) is 0 Å². The Balaban J connectivity index is -0.000000175. The van der Waals surface area contributed by atoms with E-state index in [-0.39, 0.29) is 0 Å². The molecule has 0 saturated heterocycles. The van der Waals surface area contributed by atoms with E-state index in [1.807, 2.05) is 47.6 Å². The Morgan fingerprint density at radius 3 is 1.58 bits per heavy atom.